The van der Waals surface area contributed by atoms with E-state index in [2.05, 4.69) is 31.5 Å². The van der Waals surface area contributed by atoms with Crippen molar-refractivity contribution in [3.8, 4) is 5.88 Å². The Morgan fingerprint density at radius 3 is 2.50 bits per heavy atom. The van der Waals surface area contributed by atoms with E-state index < -0.39 is 16.5 Å². The number of aromatic nitrogens is 1. The Morgan fingerprint density at radius 1 is 1.06 bits per heavy atom. The largest absolute Gasteiger partial charge is 0.493 e. The second kappa shape index (κ2) is 9.63. The third kappa shape index (κ3) is 4.69. The maximum atomic E-state index is 12.6. The third-order valence-corrected chi connectivity index (χ3v) is 5.40. The number of azo groups is 1. The Labute approximate surface area is 200 Å². The molecule has 0 bridgehead atoms. The zero-order chi connectivity index (χ0) is 24.2. The highest BCUT2D eigenvalue weighted by molar-refractivity contribution is 9.10. The number of hydrogen-bond donors (Lipinski definition) is 2. The van der Waals surface area contributed by atoms with Gasteiger partial charge >= 0.3 is 5.91 Å². The molecule has 10 nitrogen and oxygen atoms in total. The Hall–Kier alpha value is -4.38. The molecule has 2 amide bonds. The van der Waals surface area contributed by atoms with E-state index in [-0.39, 0.29) is 29.6 Å². The second-order valence-corrected chi connectivity index (χ2v) is 8.03. The standard InChI is InChI=1S/C23H16BrN5O5/c24-14-10-11-18-17(12-14)21(26-27-22(31)16-8-4-5-9-19(16)29(33)34)23(32)28(18)13-20(30)25-15-6-2-1-3-7-15/h1-12,32H,13H2,(H,25,30). The van der Waals surface area contributed by atoms with Crippen molar-refractivity contribution >= 4 is 55.7 Å². The van der Waals surface area contributed by atoms with Crippen molar-refractivity contribution in [1.29, 1.82) is 0 Å². The minimum absolute atomic E-state index is 0.0456. The maximum Gasteiger partial charge on any atom is 0.302 e. The first-order valence-corrected chi connectivity index (χ1v) is 10.7. The molecule has 1 aromatic heterocycles. The Kier molecular flexibility index (Phi) is 6.46. The summed E-state index contributed by atoms with van der Waals surface area (Å²) in [6, 6.07) is 19.3. The van der Waals surface area contributed by atoms with Gasteiger partial charge in [0.2, 0.25) is 11.8 Å². The van der Waals surface area contributed by atoms with Crippen LogP contribution in [0.3, 0.4) is 0 Å². The molecule has 0 aliphatic rings. The van der Waals surface area contributed by atoms with Gasteiger partial charge in [-0.15, -0.1) is 10.2 Å². The average Bonchev–Trinajstić information content (AvgIpc) is 3.07. The highest BCUT2D eigenvalue weighted by atomic mass is 79.9. The highest BCUT2D eigenvalue weighted by Gasteiger charge is 2.22. The number of aromatic hydroxyl groups is 1. The van der Waals surface area contributed by atoms with Gasteiger partial charge in [0.15, 0.2) is 5.69 Å². The molecule has 0 radical (unpaired) electrons. The van der Waals surface area contributed by atoms with Crippen LogP contribution in [0.4, 0.5) is 17.1 Å². The van der Waals surface area contributed by atoms with E-state index in [4.69, 9.17) is 0 Å². The van der Waals surface area contributed by atoms with E-state index in [1.807, 2.05) is 6.07 Å². The molecule has 4 rings (SSSR count). The quantitative estimate of drug-likeness (QED) is 0.193. The molecule has 0 aliphatic heterocycles. The molecule has 0 saturated carbocycles. The molecule has 0 unspecified atom stereocenters. The number of para-hydroxylation sites is 2. The van der Waals surface area contributed by atoms with Gasteiger partial charge in [0, 0.05) is 21.6 Å². The summed E-state index contributed by atoms with van der Waals surface area (Å²) >= 11 is 3.35. The summed E-state index contributed by atoms with van der Waals surface area (Å²) in [6.07, 6.45) is 0. The van der Waals surface area contributed by atoms with E-state index in [1.165, 1.54) is 28.8 Å². The number of halogens is 1. The minimum atomic E-state index is -0.940. The average molecular weight is 522 g/mol. The fourth-order valence-corrected chi connectivity index (χ4v) is 3.74. The van der Waals surface area contributed by atoms with Crippen LogP contribution in [0.25, 0.3) is 10.9 Å². The number of carbonyl (C=O) groups excluding carboxylic acids is 2. The van der Waals surface area contributed by atoms with Gasteiger partial charge in [-0.3, -0.25) is 19.7 Å². The first kappa shape index (κ1) is 22.8. The first-order valence-electron chi connectivity index (χ1n) is 9.90. The van der Waals surface area contributed by atoms with Crippen LogP contribution in [-0.4, -0.2) is 26.4 Å². The number of nitrogens with zero attached hydrogens (tertiary/aromatic N) is 4. The zero-order valence-electron chi connectivity index (χ0n) is 17.4. The summed E-state index contributed by atoms with van der Waals surface area (Å²) < 4.78 is 2.01. The van der Waals surface area contributed by atoms with Crippen molar-refractivity contribution in [3.63, 3.8) is 0 Å². The fourth-order valence-electron chi connectivity index (χ4n) is 3.38. The van der Waals surface area contributed by atoms with Crippen molar-refractivity contribution in [3.05, 3.63) is 92.9 Å². The van der Waals surface area contributed by atoms with E-state index in [0.717, 1.165) is 0 Å². The van der Waals surface area contributed by atoms with Crippen LogP contribution in [0.2, 0.25) is 0 Å². The van der Waals surface area contributed by atoms with Crippen LogP contribution in [0.1, 0.15) is 10.4 Å². The van der Waals surface area contributed by atoms with Crippen LogP contribution in [0.15, 0.2) is 87.5 Å². The van der Waals surface area contributed by atoms with Gasteiger partial charge in [-0.2, -0.15) is 0 Å². The molecule has 1 heterocycles. The zero-order valence-corrected chi connectivity index (χ0v) is 19.0. The van der Waals surface area contributed by atoms with Crippen LogP contribution in [0, 0.1) is 10.1 Å². The normalized spacial score (nSPS) is 11.1. The molecular weight excluding hydrogens is 506 g/mol. The van der Waals surface area contributed by atoms with Gasteiger partial charge in [-0.05, 0) is 36.4 Å². The molecule has 170 valence electrons. The topological polar surface area (TPSA) is 139 Å². The van der Waals surface area contributed by atoms with Gasteiger partial charge in [-0.1, -0.05) is 46.3 Å². The number of hydrogen-bond acceptors (Lipinski definition) is 6. The molecule has 0 aliphatic carbocycles. The second-order valence-electron chi connectivity index (χ2n) is 7.11. The number of nitro groups is 1. The summed E-state index contributed by atoms with van der Waals surface area (Å²) in [5, 5.41) is 32.7. The van der Waals surface area contributed by atoms with Gasteiger partial charge in [0.1, 0.15) is 12.1 Å². The number of amides is 2. The number of rotatable bonds is 6. The molecule has 11 heteroatoms. The SMILES string of the molecule is O=C(Cn1c(O)c(N=NC(=O)c2ccccc2[N+](=O)[O-])c2cc(Br)ccc21)Nc1ccccc1. The van der Waals surface area contributed by atoms with Crippen molar-refractivity contribution < 1.29 is 19.6 Å². The smallest absolute Gasteiger partial charge is 0.302 e. The minimum Gasteiger partial charge on any atom is -0.493 e. The summed E-state index contributed by atoms with van der Waals surface area (Å²) in [4.78, 5) is 35.6. The molecule has 4 aromatic rings. The predicted octanol–water partition coefficient (Wildman–Crippen LogP) is 5.58. The van der Waals surface area contributed by atoms with E-state index in [0.29, 0.717) is 21.1 Å². The van der Waals surface area contributed by atoms with Crippen LogP contribution in [-0.2, 0) is 11.3 Å². The Morgan fingerprint density at radius 2 is 1.76 bits per heavy atom. The van der Waals surface area contributed by atoms with Gasteiger partial charge in [-0.25, -0.2) is 0 Å². The lowest BCUT2D eigenvalue weighted by atomic mass is 10.2. The van der Waals surface area contributed by atoms with Gasteiger partial charge < -0.3 is 15.0 Å². The number of nitro benzene ring substituents is 1. The number of fused-ring (bicyclic) bond motifs is 1. The summed E-state index contributed by atoms with van der Waals surface area (Å²) in [7, 11) is 0. The molecule has 0 fully saturated rings. The van der Waals surface area contributed by atoms with E-state index in [1.54, 1.807) is 42.5 Å². The molecule has 0 atom stereocenters. The van der Waals surface area contributed by atoms with Crippen molar-refractivity contribution in [2.75, 3.05) is 5.32 Å². The number of benzene rings is 3. The fraction of sp³-hybridized carbons (Fsp3) is 0.0435. The molecule has 34 heavy (non-hydrogen) atoms. The summed E-state index contributed by atoms with van der Waals surface area (Å²) in [5.41, 5.74) is 0.397. The monoisotopic (exact) mass is 521 g/mol. The molecular formula is C23H16BrN5O5. The Balaban J connectivity index is 1.69. The highest BCUT2D eigenvalue weighted by Crippen LogP contribution is 2.40. The lowest BCUT2D eigenvalue weighted by molar-refractivity contribution is -0.385. The van der Waals surface area contributed by atoms with Crippen LogP contribution in [0.5, 0.6) is 5.88 Å². The van der Waals surface area contributed by atoms with E-state index >= 15 is 0 Å². The van der Waals surface area contributed by atoms with Gasteiger partial charge in [0.25, 0.3) is 5.69 Å². The lowest BCUT2D eigenvalue weighted by Gasteiger charge is -2.08. The lowest BCUT2D eigenvalue weighted by Crippen LogP contribution is -2.18. The molecule has 0 saturated heterocycles. The van der Waals surface area contributed by atoms with Crippen LogP contribution < -0.4 is 5.32 Å². The molecule has 3 aromatic carbocycles. The predicted molar refractivity (Wildman–Crippen MR) is 128 cm³/mol. The van der Waals surface area contributed by atoms with Crippen molar-refractivity contribution in [1.82, 2.24) is 4.57 Å². The number of anilines is 1. The third-order valence-electron chi connectivity index (χ3n) is 4.90. The maximum absolute atomic E-state index is 12.6. The number of nitrogens with one attached hydrogen (secondary N) is 1. The van der Waals surface area contributed by atoms with Gasteiger partial charge in [0.05, 0.1) is 10.4 Å². The van der Waals surface area contributed by atoms with Crippen molar-refractivity contribution in [2.24, 2.45) is 10.2 Å². The van der Waals surface area contributed by atoms with Crippen LogP contribution >= 0.6 is 15.9 Å². The number of carbonyl (C=O) groups is 2. The first-order chi connectivity index (χ1) is 16.3. The molecule has 0 spiro atoms. The summed E-state index contributed by atoms with van der Waals surface area (Å²) in [6.45, 7) is -0.230. The van der Waals surface area contributed by atoms with Crippen molar-refractivity contribution in [2.45, 2.75) is 6.54 Å². The summed E-state index contributed by atoms with van der Waals surface area (Å²) in [5.74, 6) is -1.71. The van der Waals surface area contributed by atoms with E-state index in [9.17, 15) is 24.8 Å². The Bertz CT molecular complexity index is 1450. The molecule has 2 N–H and O–H groups in total.